The molecule has 1 aromatic rings. The minimum Gasteiger partial charge on any atom is -0.314 e. The lowest BCUT2D eigenvalue weighted by atomic mass is 10.3. The SMILES string of the molecule is CC(C)NCCc1nccs1. The largest absolute Gasteiger partial charge is 0.314 e. The smallest absolute Gasteiger partial charge is 0.0937 e. The summed E-state index contributed by atoms with van der Waals surface area (Å²) in [7, 11) is 0. The number of aromatic nitrogens is 1. The van der Waals surface area contributed by atoms with Crippen LogP contribution in [0.25, 0.3) is 0 Å². The summed E-state index contributed by atoms with van der Waals surface area (Å²) in [5.74, 6) is 0. The summed E-state index contributed by atoms with van der Waals surface area (Å²) in [4.78, 5) is 4.19. The van der Waals surface area contributed by atoms with Gasteiger partial charge in [-0.2, -0.15) is 0 Å². The molecule has 1 rings (SSSR count). The fraction of sp³-hybridized carbons (Fsp3) is 0.625. The Morgan fingerprint density at radius 1 is 1.64 bits per heavy atom. The third-order valence-corrected chi connectivity index (χ3v) is 2.21. The maximum atomic E-state index is 4.19. The van der Waals surface area contributed by atoms with Crippen LogP contribution in [-0.2, 0) is 6.42 Å². The summed E-state index contributed by atoms with van der Waals surface area (Å²) < 4.78 is 0. The highest BCUT2D eigenvalue weighted by Gasteiger charge is 1.95. The van der Waals surface area contributed by atoms with E-state index in [0.29, 0.717) is 6.04 Å². The molecular weight excluding hydrogens is 156 g/mol. The van der Waals surface area contributed by atoms with Crippen LogP contribution in [0.5, 0.6) is 0 Å². The molecular formula is C8H14N2S. The third-order valence-electron chi connectivity index (χ3n) is 1.37. The Hall–Kier alpha value is -0.410. The minimum atomic E-state index is 0.579. The third kappa shape index (κ3) is 3.49. The van der Waals surface area contributed by atoms with Crippen molar-refractivity contribution in [2.45, 2.75) is 26.3 Å². The molecule has 0 saturated heterocycles. The molecule has 62 valence electrons. The van der Waals surface area contributed by atoms with E-state index in [-0.39, 0.29) is 0 Å². The normalized spacial score (nSPS) is 10.8. The second-order valence-electron chi connectivity index (χ2n) is 2.78. The first-order valence-electron chi connectivity index (χ1n) is 3.91. The second-order valence-corrected chi connectivity index (χ2v) is 3.76. The Balaban J connectivity index is 2.14. The quantitative estimate of drug-likeness (QED) is 0.743. The first-order chi connectivity index (χ1) is 5.29. The summed E-state index contributed by atoms with van der Waals surface area (Å²) in [6.07, 6.45) is 2.91. The zero-order valence-corrected chi connectivity index (χ0v) is 7.82. The maximum absolute atomic E-state index is 4.19. The van der Waals surface area contributed by atoms with Crippen molar-refractivity contribution in [1.29, 1.82) is 0 Å². The first-order valence-corrected chi connectivity index (χ1v) is 4.79. The molecule has 3 heteroatoms. The number of thiazole rings is 1. The van der Waals surface area contributed by atoms with Crippen molar-refractivity contribution in [3.8, 4) is 0 Å². The van der Waals surface area contributed by atoms with E-state index < -0.39 is 0 Å². The molecule has 0 amide bonds. The summed E-state index contributed by atoms with van der Waals surface area (Å²) in [5, 5.41) is 6.59. The van der Waals surface area contributed by atoms with E-state index in [1.54, 1.807) is 11.3 Å². The molecule has 0 bridgehead atoms. The Kier molecular flexibility index (Phi) is 3.52. The van der Waals surface area contributed by atoms with Crippen LogP contribution >= 0.6 is 11.3 Å². The lowest BCUT2D eigenvalue weighted by Gasteiger charge is -2.05. The van der Waals surface area contributed by atoms with Gasteiger partial charge in [0.05, 0.1) is 5.01 Å². The highest BCUT2D eigenvalue weighted by molar-refractivity contribution is 7.09. The topological polar surface area (TPSA) is 24.9 Å². The van der Waals surface area contributed by atoms with Gasteiger partial charge in [0.1, 0.15) is 0 Å². The van der Waals surface area contributed by atoms with Gasteiger partial charge >= 0.3 is 0 Å². The van der Waals surface area contributed by atoms with Crippen molar-refractivity contribution < 1.29 is 0 Å². The monoisotopic (exact) mass is 170 g/mol. The fourth-order valence-corrected chi connectivity index (χ4v) is 1.46. The number of nitrogens with zero attached hydrogens (tertiary/aromatic N) is 1. The van der Waals surface area contributed by atoms with E-state index in [1.807, 2.05) is 11.6 Å². The molecule has 1 N–H and O–H groups in total. The van der Waals surface area contributed by atoms with Gasteiger partial charge in [0.15, 0.2) is 0 Å². The van der Waals surface area contributed by atoms with Crippen molar-refractivity contribution >= 4 is 11.3 Å². The highest BCUT2D eigenvalue weighted by atomic mass is 32.1. The van der Waals surface area contributed by atoms with Crippen molar-refractivity contribution in [2.75, 3.05) is 6.54 Å². The van der Waals surface area contributed by atoms with Crippen LogP contribution in [0.1, 0.15) is 18.9 Å². The lowest BCUT2D eigenvalue weighted by Crippen LogP contribution is -2.24. The van der Waals surface area contributed by atoms with Crippen LogP contribution in [0.15, 0.2) is 11.6 Å². The molecule has 0 aliphatic heterocycles. The van der Waals surface area contributed by atoms with Crippen molar-refractivity contribution in [3.05, 3.63) is 16.6 Å². The van der Waals surface area contributed by atoms with Crippen LogP contribution in [-0.4, -0.2) is 17.6 Å². The van der Waals surface area contributed by atoms with Gasteiger partial charge < -0.3 is 5.32 Å². The van der Waals surface area contributed by atoms with Gasteiger partial charge in [0.25, 0.3) is 0 Å². The molecule has 1 heterocycles. The van der Waals surface area contributed by atoms with Crippen LogP contribution in [0.3, 0.4) is 0 Å². The van der Waals surface area contributed by atoms with E-state index in [4.69, 9.17) is 0 Å². The number of rotatable bonds is 4. The van der Waals surface area contributed by atoms with E-state index in [1.165, 1.54) is 5.01 Å². The number of nitrogens with one attached hydrogen (secondary N) is 1. The maximum Gasteiger partial charge on any atom is 0.0937 e. The van der Waals surface area contributed by atoms with Crippen molar-refractivity contribution in [2.24, 2.45) is 0 Å². The molecule has 0 spiro atoms. The molecule has 0 radical (unpaired) electrons. The van der Waals surface area contributed by atoms with E-state index >= 15 is 0 Å². The minimum absolute atomic E-state index is 0.579. The molecule has 2 nitrogen and oxygen atoms in total. The van der Waals surface area contributed by atoms with Crippen LogP contribution in [0.2, 0.25) is 0 Å². The molecule has 1 aromatic heterocycles. The standard InChI is InChI=1S/C8H14N2S/c1-7(2)9-4-3-8-10-5-6-11-8/h5-7,9H,3-4H2,1-2H3. The summed E-state index contributed by atoms with van der Waals surface area (Å²) >= 11 is 1.72. The Bertz CT molecular complexity index is 182. The molecule has 0 unspecified atom stereocenters. The van der Waals surface area contributed by atoms with E-state index in [9.17, 15) is 0 Å². The first kappa shape index (κ1) is 8.68. The van der Waals surface area contributed by atoms with Gasteiger partial charge in [-0.05, 0) is 0 Å². The average Bonchev–Trinajstić information content (AvgIpc) is 2.39. The second kappa shape index (κ2) is 4.46. The Morgan fingerprint density at radius 2 is 2.45 bits per heavy atom. The molecule has 0 aromatic carbocycles. The van der Waals surface area contributed by atoms with Gasteiger partial charge in [-0.1, -0.05) is 13.8 Å². The Morgan fingerprint density at radius 3 is 3.00 bits per heavy atom. The molecule has 0 atom stereocenters. The summed E-state index contributed by atoms with van der Waals surface area (Å²) in [6, 6.07) is 0.579. The number of hydrogen-bond acceptors (Lipinski definition) is 3. The number of hydrogen-bond donors (Lipinski definition) is 1. The molecule has 0 fully saturated rings. The fourth-order valence-electron chi connectivity index (χ4n) is 0.844. The molecule has 0 aliphatic rings. The molecule has 11 heavy (non-hydrogen) atoms. The lowest BCUT2D eigenvalue weighted by molar-refractivity contribution is 0.590. The van der Waals surface area contributed by atoms with Gasteiger partial charge in [0.2, 0.25) is 0 Å². The van der Waals surface area contributed by atoms with Crippen molar-refractivity contribution in [3.63, 3.8) is 0 Å². The highest BCUT2D eigenvalue weighted by Crippen LogP contribution is 2.03. The van der Waals surface area contributed by atoms with E-state index in [0.717, 1.165) is 13.0 Å². The predicted octanol–water partition coefficient (Wildman–Crippen LogP) is 1.68. The van der Waals surface area contributed by atoms with Gasteiger partial charge in [-0.15, -0.1) is 11.3 Å². The molecule has 0 aliphatic carbocycles. The van der Waals surface area contributed by atoms with Gasteiger partial charge in [-0.3, -0.25) is 0 Å². The van der Waals surface area contributed by atoms with Crippen LogP contribution in [0, 0.1) is 0 Å². The average molecular weight is 170 g/mol. The van der Waals surface area contributed by atoms with Crippen molar-refractivity contribution in [1.82, 2.24) is 10.3 Å². The predicted molar refractivity (Wildman–Crippen MR) is 49.0 cm³/mol. The summed E-state index contributed by atoms with van der Waals surface area (Å²) in [5.41, 5.74) is 0. The zero-order valence-electron chi connectivity index (χ0n) is 7.00. The van der Waals surface area contributed by atoms with E-state index in [2.05, 4.69) is 24.1 Å². The van der Waals surface area contributed by atoms with Gasteiger partial charge in [0, 0.05) is 30.6 Å². The van der Waals surface area contributed by atoms with Crippen LogP contribution in [0.4, 0.5) is 0 Å². The molecule has 0 saturated carbocycles. The van der Waals surface area contributed by atoms with Gasteiger partial charge in [-0.25, -0.2) is 4.98 Å². The Labute approximate surface area is 71.7 Å². The zero-order chi connectivity index (χ0) is 8.10. The van der Waals surface area contributed by atoms with Crippen LogP contribution < -0.4 is 5.32 Å². The summed E-state index contributed by atoms with van der Waals surface area (Å²) in [6.45, 7) is 5.34.